The predicted molar refractivity (Wildman–Crippen MR) is 309 cm³/mol. The van der Waals surface area contributed by atoms with Crippen LogP contribution in [0.25, 0.3) is 0 Å². The van der Waals surface area contributed by atoms with Crippen molar-refractivity contribution in [1.82, 2.24) is 62.6 Å². The van der Waals surface area contributed by atoms with Crippen molar-refractivity contribution in [2.45, 2.75) is 207 Å². The van der Waals surface area contributed by atoms with Gasteiger partial charge in [-0.1, -0.05) is 71.9 Å². The molecule has 1 aromatic heterocycles. The molecule has 9 N–H and O–H groups in total. The molecule has 0 spiro atoms. The Morgan fingerprint density at radius 3 is 1.66 bits per heavy atom. The molecule has 1 saturated heterocycles. The highest BCUT2D eigenvalue weighted by molar-refractivity contribution is 6.01. The molecule has 23 nitrogen and oxygen atoms in total. The minimum Gasteiger partial charge on any atom is -0.448 e. The number of likely N-dealkylation sites (N-methyl/N-ethyl adjacent to an activating group) is 1. The van der Waals surface area contributed by atoms with Gasteiger partial charge in [0.1, 0.15) is 53.1 Å². The third kappa shape index (κ3) is 20.2. The summed E-state index contributed by atoms with van der Waals surface area (Å²) in [6.45, 7) is 22.6. The molecule has 1 aliphatic carbocycles. The topological polar surface area (TPSA) is 311 Å². The van der Waals surface area contributed by atoms with Crippen LogP contribution in [-0.2, 0) is 49.6 Å². The molecule has 82 heavy (non-hydrogen) atoms. The Balaban J connectivity index is 1.42. The number of oxazole rings is 1. The Labute approximate surface area is 484 Å². The largest absolute Gasteiger partial charge is 0.448 e. The molecule has 2 heterocycles. The summed E-state index contributed by atoms with van der Waals surface area (Å²) in [5.41, 5.74) is -4.19. The van der Waals surface area contributed by atoms with Crippen LogP contribution in [0.3, 0.4) is 0 Å². The lowest BCUT2D eigenvalue weighted by molar-refractivity contribution is -0.139. The zero-order valence-corrected chi connectivity index (χ0v) is 51.1. The highest BCUT2D eigenvalue weighted by atomic mass is 16.3. The van der Waals surface area contributed by atoms with E-state index in [-0.39, 0.29) is 73.5 Å². The van der Waals surface area contributed by atoms with E-state index in [2.05, 4.69) is 52.8 Å². The van der Waals surface area contributed by atoms with Crippen LogP contribution in [0.4, 0.5) is 0 Å². The minimum absolute atomic E-state index is 0.0430. The van der Waals surface area contributed by atoms with Crippen LogP contribution in [0.2, 0.25) is 0 Å². The van der Waals surface area contributed by atoms with Gasteiger partial charge in [0.05, 0.1) is 5.54 Å². The molecule has 1 saturated carbocycles. The second-order valence-electron chi connectivity index (χ2n) is 25.4. The number of nitrogens with zero attached hydrogens (tertiary/aromatic N) is 3. The van der Waals surface area contributed by atoms with E-state index < -0.39 is 100.0 Å². The van der Waals surface area contributed by atoms with Crippen molar-refractivity contribution in [3.63, 3.8) is 0 Å². The summed E-state index contributed by atoms with van der Waals surface area (Å²) in [5.74, 6) is -6.00. The minimum atomic E-state index is -1.67. The van der Waals surface area contributed by atoms with Crippen molar-refractivity contribution < 1.29 is 52.4 Å². The van der Waals surface area contributed by atoms with Crippen molar-refractivity contribution in [1.29, 1.82) is 0 Å². The zero-order chi connectivity index (χ0) is 61.5. The van der Waals surface area contributed by atoms with Gasteiger partial charge >= 0.3 is 0 Å². The molecule has 456 valence electrons. The van der Waals surface area contributed by atoms with Gasteiger partial charge in [-0.3, -0.25) is 47.9 Å². The summed E-state index contributed by atoms with van der Waals surface area (Å²) in [6, 6.07) is 3.39. The molecular formula is C59H94N12O11. The van der Waals surface area contributed by atoms with Crippen molar-refractivity contribution in [2.75, 3.05) is 33.7 Å². The first kappa shape index (κ1) is 67.6. The van der Waals surface area contributed by atoms with Crippen LogP contribution in [0.1, 0.15) is 163 Å². The van der Waals surface area contributed by atoms with Crippen LogP contribution in [-0.4, -0.2) is 160 Å². The zero-order valence-electron chi connectivity index (χ0n) is 51.1. The first-order valence-corrected chi connectivity index (χ1v) is 28.8. The van der Waals surface area contributed by atoms with Crippen molar-refractivity contribution in [3.05, 3.63) is 53.7 Å². The molecule has 0 radical (unpaired) electrons. The first-order valence-electron chi connectivity index (χ1n) is 28.8. The van der Waals surface area contributed by atoms with Crippen molar-refractivity contribution >= 4 is 59.1 Å². The number of hydrogen-bond donors (Lipinski definition) is 9. The second-order valence-corrected chi connectivity index (χ2v) is 25.4. The molecule has 2 aliphatic rings. The first-order chi connectivity index (χ1) is 38.1. The van der Waals surface area contributed by atoms with E-state index in [0.29, 0.717) is 25.3 Å². The summed E-state index contributed by atoms with van der Waals surface area (Å²) in [4.78, 5) is 146. The number of amides is 10. The number of carbonyl (C=O) groups excluding carboxylic acids is 10. The Hall–Kier alpha value is -6.91. The third-order valence-electron chi connectivity index (χ3n) is 14.6. The molecule has 10 amide bonds. The number of carbonyl (C=O) groups is 10. The number of rotatable bonds is 30. The van der Waals surface area contributed by atoms with Gasteiger partial charge in [0.15, 0.2) is 11.6 Å². The quantitative estimate of drug-likeness (QED) is 0.0545. The molecule has 23 heteroatoms. The number of benzene rings is 1. The van der Waals surface area contributed by atoms with Gasteiger partial charge in [-0.25, -0.2) is 4.98 Å². The normalized spacial score (nSPS) is 16.7. The van der Waals surface area contributed by atoms with E-state index in [0.717, 1.165) is 31.4 Å². The second kappa shape index (κ2) is 29.4. The van der Waals surface area contributed by atoms with E-state index in [9.17, 15) is 47.9 Å². The summed E-state index contributed by atoms with van der Waals surface area (Å²) in [5, 5.41) is 25.3. The average Bonchev–Trinajstić information content (AvgIpc) is 4.10. The summed E-state index contributed by atoms with van der Waals surface area (Å²) < 4.78 is 5.24. The van der Waals surface area contributed by atoms with Crippen LogP contribution in [0.5, 0.6) is 0 Å². The fraction of sp³-hybridized carbons (Fsp3) is 0.678. The van der Waals surface area contributed by atoms with Crippen LogP contribution in [0.15, 0.2) is 41.0 Å². The molecule has 4 unspecified atom stereocenters. The highest BCUT2D eigenvalue weighted by Gasteiger charge is 2.43. The summed E-state index contributed by atoms with van der Waals surface area (Å²) in [7, 11) is 3.90. The SMILES string of the molecule is Cc1nc(C(=O)N2CCC[C@H]2C(=O)NC(Cc2ccccc2)C(=O)NC(CC(C)C)C(=O)NC(C)(C)C(=O)NC(CC(C)C)C(=O)NC(CC(C)C)C(=O)NC(C)(C)C(=O)NC(C)(C)C(=O)NCCC(=O)NC2(CN(C)C)CCC2)co1. The van der Waals surface area contributed by atoms with Gasteiger partial charge in [-0.05, 0) is 130 Å². The van der Waals surface area contributed by atoms with Gasteiger partial charge in [0, 0.05) is 39.4 Å². The lowest BCUT2D eigenvalue weighted by Crippen LogP contribution is -2.65. The molecule has 0 bridgehead atoms. The standard InChI is InChI=1S/C59H94N12O11/c1-35(2)29-40(47(73)62-42(31-37(5)6)50(76)68-58(12,13)55(81)69-56(8,9)53(79)60-27-24-46(72)66-59(25-20-26-59)34-70(14)15)65-54(80)57(10,11)67-49(75)41(30-36(3)4)63-48(74)43(32-39-21-17-16-18-22-39)64-51(77)45-23-19-28-71(45)52(78)44-33-82-38(7)61-44/h16-18,21-22,33,35-37,40-43,45H,19-20,23-32,34H2,1-15H3,(H,60,79)(H,62,73)(H,63,74)(H,64,77)(H,65,80)(H,66,72)(H,67,75)(H,68,76)(H,69,81)/t40?,41?,42?,43?,45-/m0/s1. The van der Waals surface area contributed by atoms with Gasteiger partial charge in [-0.15, -0.1) is 0 Å². The van der Waals surface area contributed by atoms with E-state index in [4.69, 9.17) is 4.42 Å². The smallest absolute Gasteiger partial charge is 0.276 e. The highest BCUT2D eigenvalue weighted by Crippen LogP contribution is 2.32. The van der Waals surface area contributed by atoms with Crippen molar-refractivity contribution in [2.24, 2.45) is 17.8 Å². The monoisotopic (exact) mass is 1150 g/mol. The van der Waals surface area contributed by atoms with E-state index in [1.165, 1.54) is 52.7 Å². The fourth-order valence-electron chi connectivity index (χ4n) is 10.0. The predicted octanol–water partition coefficient (Wildman–Crippen LogP) is 2.70. The van der Waals surface area contributed by atoms with E-state index in [1.807, 2.05) is 66.6 Å². The number of aromatic nitrogens is 1. The van der Waals surface area contributed by atoms with Crippen LogP contribution in [0, 0.1) is 24.7 Å². The van der Waals surface area contributed by atoms with E-state index in [1.54, 1.807) is 31.2 Å². The van der Waals surface area contributed by atoms with Crippen LogP contribution >= 0.6 is 0 Å². The maximum atomic E-state index is 14.3. The molecule has 2 aromatic rings. The Kier molecular flexibility index (Phi) is 24.2. The molecule has 4 rings (SSSR count). The van der Waals surface area contributed by atoms with E-state index >= 15 is 0 Å². The Morgan fingerprint density at radius 2 is 1.17 bits per heavy atom. The van der Waals surface area contributed by atoms with Gasteiger partial charge in [-0.2, -0.15) is 0 Å². The molecule has 5 atom stereocenters. The summed E-state index contributed by atoms with van der Waals surface area (Å²) >= 11 is 0. The Bertz CT molecular complexity index is 2570. The number of hydrogen-bond acceptors (Lipinski definition) is 13. The van der Waals surface area contributed by atoms with Gasteiger partial charge < -0.3 is 62.1 Å². The number of aryl methyl sites for hydroxylation is 1. The van der Waals surface area contributed by atoms with Gasteiger partial charge in [0.25, 0.3) is 5.91 Å². The van der Waals surface area contributed by atoms with Gasteiger partial charge in [0.2, 0.25) is 53.2 Å². The lowest BCUT2D eigenvalue weighted by Gasteiger charge is -2.44. The number of likely N-dealkylation sites (tertiary alicyclic amines) is 1. The molecular weight excluding hydrogens is 1050 g/mol. The van der Waals surface area contributed by atoms with Crippen molar-refractivity contribution in [3.8, 4) is 0 Å². The molecule has 2 fully saturated rings. The maximum absolute atomic E-state index is 14.3. The molecule has 1 aliphatic heterocycles. The van der Waals surface area contributed by atoms with Crippen LogP contribution < -0.4 is 47.9 Å². The third-order valence-corrected chi connectivity index (χ3v) is 14.6. The summed E-state index contributed by atoms with van der Waals surface area (Å²) in [6.07, 6.45) is 5.46. The average molecular weight is 1150 g/mol. The number of nitrogens with one attached hydrogen (secondary N) is 9. The maximum Gasteiger partial charge on any atom is 0.276 e. The lowest BCUT2D eigenvalue weighted by atomic mass is 9.76. The molecule has 1 aromatic carbocycles. The fourth-order valence-corrected chi connectivity index (χ4v) is 10.0. The Morgan fingerprint density at radius 1 is 0.659 bits per heavy atom.